The van der Waals surface area contributed by atoms with Gasteiger partial charge in [-0.3, -0.25) is 4.79 Å². The minimum atomic E-state index is -2.27. The number of aliphatic hydroxyl groups is 1. The van der Waals surface area contributed by atoms with Crippen LogP contribution in [0.15, 0.2) is 54.6 Å². The van der Waals surface area contributed by atoms with Crippen molar-refractivity contribution in [3.8, 4) is 28.8 Å². The van der Waals surface area contributed by atoms with Crippen molar-refractivity contribution in [2.45, 2.75) is 32.3 Å². The first-order valence-corrected chi connectivity index (χ1v) is 12.0. The SMILES string of the molecule is CC(C)c1nn(-c2ccccc2)c(-c2ccc(F)cc2)c1C#CCO[P+](=O)C[C@@H](O)CC(=O)O. The van der Waals surface area contributed by atoms with E-state index in [2.05, 4.69) is 11.8 Å². The van der Waals surface area contributed by atoms with Crippen LogP contribution < -0.4 is 0 Å². The van der Waals surface area contributed by atoms with E-state index in [1.807, 2.05) is 44.2 Å². The van der Waals surface area contributed by atoms with Crippen molar-refractivity contribution < 1.29 is 28.5 Å². The van der Waals surface area contributed by atoms with Gasteiger partial charge >= 0.3 is 14.0 Å². The number of aliphatic carboxylic acids is 1. The van der Waals surface area contributed by atoms with Gasteiger partial charge in [0, 0.05) is 5.56 Å². The summed E-state index contributed by atoms with van der Waals surface area (Å²) in [6.45, 7) is 3.81. The van der Waals surface area contributed by atoms with Crippen LogP contribution in [0.1, 0.15) is 37.4 Å². The van der Waals surface area contributed by atoms with E-state index in [1.165, 1.54) is 12.1 Å². The van der Waals surface area contributed by atoms with Crippen LogP contribution in [0.3, 0.4) is 0 Å². The normalized spacial score (nSPS) is 12.2. The fourth-order valence-electron chi connectivity index (χ4n) is 3.31. The fraction of sp³-hybridized carbons (Fsp3) is 0.280. The van der Waals surface area contributed by atoms with Gasteiger partial charge in [-0.1, -0.05) is 43.9 Å². The lowest BCUT2D eigenvalue weighted by Gasteiger charge is -2.08. The molecular weight excluding hydrogens is 458 g/mol. The van der Waals surface area contributed by atoms with E-state index >= 15 is 0 Å². The number of rotatable bonds is 9. The van der Waals surface area contributed by atoms with Crippen LogP contribution in [-0.4, -0.2) is 44.8 Å². The van der Waals surface area contributed by atoms with Gasteiger partial charge in [-0.2, -0.15) is 5.10 Å². The van der Waals surface area contributed by atoms with Crippen LogP contribution in [-0.2, 0) is 13.9 Å². The predicted octanol–water partition coefficient (Wildman–Crippen LogP) is 4.75. The Labute approximate surface area is 198 Å². The van der Waals surface area contributed by atoms with E-state index in [1.54, 1.807) is 16.8 Å². The number of hydrogen-bond donors (Lipinski definition) is 2. The van der Waals surface area contributed by atoms with Gasteiger partial charge in [-0.15, -0.1) is 4.52 Å². The Balaban J connectivity index is 1.94. The second-order valence-electron chi connectivity index (χ2n) is 7.86. The molecule has 7 nitrogen and oxygen atoms in total. The van der Waals surface area contributed by atoms with Gasteiger partial charge in [-0.25, -0.2) is 9.07 Å². The van der Waals surface area contributed by atoms with Crippen LogP contribution in [0.5, 0.6) is 0 Å². The highest BCUT2D eigenvalue weighted by molar-refractivity contribution is 7.39. The molecule has 1 heterocycles. The molecule has 0 spiro atoms. The number of nitrogens with zero attached hydrogens (tertiary/aromatic N) is 2. The van der Waals surface area contributed by atoms with E-state index in [9.17, 15) is 18.9 Å². The quantitative estimate of drug-likeness (QED) is 0.337. The van der Waals surface area contributed by atoms with E-state index in [0.717, 1.165) is 16.9 Å². The summed E-state index contributed by atoms with van der Waals surface area (Å²) in [5, 5.41) is 23.1. The monoisotopic (exact) mass is 483 g/mol. The van der Waals surface area contributed by atoms with Crippen LogP contribution in [0.25, 0.3) is 16.9 Å². The highest BCUT2D eigenvalue weighted by Gasteiger charge is 2.25. The summed E-state index contributed by atoms with van der Waals surface area (Å²) in [4.78, 5) is 10.6. The van der Waals surface area contributed by atoms with E-state index < -0.39 is 26.5 Å². The van der Waals surface area contributed by atoms with Crippen molar-refractivity contribution in [2.24, 2.45) is 0 Å². The van der Waals surface area contributed by atoms with Crippen molar-refractivity contribution in [1.29, 1.82) is 0 Å². The van der Waals surface area contributed by atoms with E-state index in [4.69, 9.17) is 14.7 Å². The molecule has 176 valence electrons. The zero-order valence-corrected chi connectivity index (χ0v) is 19.7. The first-order valence-electron chi connectivity index (χ1n) is 10.7. The lowest BCUT2D eigenvalue weighted by molar-refractivity contribution is -0.138. The highest BCUT2D eigenvalue weighted by atomic mass is 31.1. The molecule has 1 aromatic heterocycles. The van der Waals surface area contributed by atoms with Gasteiger partial charge in [0.15, 0.2) is 6.61 Å². The van der Waals surface area contributed by atoms with Crippen LogP contribution in [0, 0.1) is 17.7 Å². The molecule has 0 fully saturated rings. The third-order valence-electron chi connectivity index (χ3n) is 4.84. The molecule has 0 aliphatic rings. The first-order chi connectivity index (χ1) is 16.3. The predicted molar refractivity (Wildman–Crippen MR) is 127 cm³/mol. The lowest BCUT2D eigenvalue weighted by Crippen LogP contribution is -2.15. The molecule has 0 aliphatic carbocycles. The Morgan fingerprint density at radius 2 is 1.85 bits per heavy atom. The molecule has 34 heavy (non-hydrogen) atoms. The fourth-order valence-corrected chi connectivity index (χ4v) is 4.10. The topological polar surface area (TPSA) is 102 Å². The molecule has 0 amide bonds. The summed E-state index contributed by atoms with van der Waals surface area (Å²) in [5.41, 5.74) is 3.65. The molecule has 2 N–H and O–H groups in total. The van der Waals surface area contributed by atoms with Crippen molar-refractivity contribution >= 4 is 14.0 Å². The Morgan fingerprint density at radius 1 is 1.18 bits per heavy atom. The minimum absolute atomic E-state index is 0.0391. The number of para-hydroxylation sites is 1. The Kier molecular flexibility index (Phi) is 8.67. The molecule has 9 heteroatoms. The maximum Gasteiger partial charge on any atom is 0.511 e. The molecule has 0 radical (unpaired) electrons. The molecule has 2 aromatic carbocycles. The maximum atomic E-state index is 13.6. The van der Waals surface area contributed by atoms with Gasteiger partial charge < -0.3 is 10.2 Å². The lowest BCUT2D eigenvalue weighted by atomic mass is 10.0. The number of hydrogen-bond acceptors (Lipinski definition) is 5. The standard InChI is InChI=1S/C25H24FN2O5P/c1-17(2)24-22(9-6-14-33-34(32)16-21(29)15-23(30)31)25(18-10-12-19(26)13-11-18)28(27-24)20-7-4-3-5-8-20/h3-5,7-8,10-13,17,21,29H,14-16H2,1-2H3/p+1/t21-/m0/s1. The largest absolute Gasteiger partial charge is 0.511 e. The number of aromatic nitrogens is 2. The van der Waals surface area contributed by atoms with E-state index in [0.29, 0.717) is 11.3 Å². The average Bonchev–Trinajstić information content (AvgIpc) is 3.17. The number of halogens is 1. The van der Waals surface area contributed by atoms with Gasteiger partial charge in [0.25, 0.3) is 0 Å². The Morgan fingerprint density at radius 3 is 2.47 bits per heavy atom. The summed E-state index contributed by atoms with van der Waals surface area (Å²) in [5.74, 6) is 4.42. The molecule has 2 atom stereocenters. The molecule has 3 aromatic rings. The molecule has 0 aliphatic heterocycles. The maximum absolute atomic E-state index is 13.6. The molecule has 0 bridgehead atoms. The van der Waals surface area contributed by atoms with Crippen LogP contribution >= 0.6 is 8.03 Å². The minimum Gasteiger partial charge on any atom is -0.481 e. The van der Waals surface area contributed by atoms with Gasteiger partial charge in [0.05, 0.1) is 29.1 Å². The second-order valence-corrected chi connectivity index (χ2v) is 9.15. The number of benzene rings is 2. The van der Waals surface area contributed by atoms with Crippen molar-refractivity contribution in [2.75, 3.05) is 12.8 Å². The van der Waals surface area contributed by atoms with Crippen LogP contribution in [0.4, 0.5) is 4.39 Å². The van der Waals surface area contributed by atoms with E-state index in [-0.39, 0.29) is 24.5 Å². The highest BCUT2D eigenvalue weighted by Crippen LogP contribution is 2.32. The Bertz CT molecular complexity index is 1210. The summed E-state index contributed by atoms with van der Waals surface area (Å²) in [6.07, 6.45) is -2.04. The van der Waals surface area contributed by atoms with Gasteiger partial charge in [0.1, 0.15) is 11.9 Å². The number of carboxylic acid groups (broad SMARTS) is 1. The van der Waals surface area contributed by atoms with Crippen molar-refractivity contribution in [3.05, 3.63) is 71.7 Å². The summed E-state index contributed by atoms with van der Waals surface area (Å²) >= 11 is 0. The van der Waals surface area contributed by atoms with Gasteiger partial charge in [-0.05, 0) is 46.9 Å². The third kappa shape index (κ3) is 6.58. The number of carbonyl (C=O) groups is 1. The summed E-state index contributed by atoms with van der Waals surface area (Å²) in [6, 6.07) is 15.6. The summed E-state index contributed by atoms with van der Waals surface area (Å²) < 4.78 is 32.5. The molecular formula is C25H25FN2O5P+. The smallest absolute Gasteiger partial charge is 0.481 e. The molecule has 0 saturated heterocycles. The zero-order chi connectivity index (χ0) is 24.7. The van der Waals surface area contributed by atoms with Crippen molar-refractivity contribution in [3.63, 3.8) is 0 Å². The molecule has 3 rings (SSSR count). The van der Waals surface area contributed by atoms with Crippen LogP contribution in [0.2, 0.25) is 0 Å². The van der Waals surface area contributed by atoms with Gasteiger partial charge in [0.2, 0.25) is 6.16 Å². The second kappa shape index (κ2) is 11.7. The average molecular weight is 483 g/mol. The first kappa shape index (κ1) is 25.3. The van der Waals surface area contributed by atoms with Crippen molar-refractivity contribution in [1.82, 2.24) is 9.78 Å². The third-order valence-corrected chi connectivity index (χ3v) is 5.98. The number of aliphatic hydroxyl groups excluding tert-OH is 1. The zero-order valence-electron chi connectivity index (χ0n) is 18.8. The molecule has 0 saturated carbocycles. The number of carboxylic acids is 1. The Hall–Kier alpha value is -3.37. The summed E-state index contributed by atoms with van der Waals surface area (Å²) in [7, 11) is -2.27. The molecule has 1 unspecified atom stereocenters.